The second-order valence-corrected chi connectivity index (χ2v) is 8.36. The molecule has 0 saturated carbocycles. The van der Waals surface area contributed by atoms with Crippen LogP contribution in [-0.2, 0) is 0 Å². The van der Waals surface area contributed by atoms with Crippen LogP contribution in [0.25, 0.3) is 38.9 Å². The number of rotatable bonds is 3. The molecule has 5 heteroatoms. The number of hydrogen-bond acceptors (Lipinski definition) is 4. The first-order valence-electron chi connectivity index (χ1n) is 11.3. The zero-order valence-corrected chi connectivity index (χ0v) is 18.2. The topological polar surface area (TPSA) is 52.0 Å². The first-order valence-corrected chi connectivity index (χ1v) is 11.3. The van der Waals surface area contributed by atoms with Crippen molar-refractivity contribution in [2.75, 3.05) is 5.32 Å². The number of nitrogens with zero attached hydrogens (tertiary/aromatic N) is 3. The predicted octanol–water partition coefficient (Wildman–Crippen LogP) is 6.74. The minimum atomic E-state index is -0.211. The summed E-state index contributed by atoms with van der Waals surface area (Å²) in [6, 6.07) is 33.0. The molecule has 0 bridgehead atoms. The van der Waals surface area contributed by atoms with Gasteiger partial charge in [0.05, 0.1) is 27.8 Å². The maximum atomic E-state index is 6.50. The molecule has 0 fully saturated rings. The fourth-order valence-electron chi connectivity index (χ4n) is 4.81. The highest BCUT2D eigenvalue weighted by molar-refractivity contribution is 6.14. The standard InChI is InChI=1S/C29H20N4O/c1-2-7-20(8-3-1)29-32-23-13-14-25-27(28(23)34-29)21-9-4-5-11-24(21)33(25)26-12-6-10-22(31-26)19-15-17-30-18-16-19/h1-18,29,32H. The molecule has 0 saturated heterocycles. The van der Waals surface area contributed by atoms with Crippen molar-refractivity contribution < 1.29 is 4.74 Å². The fourth-order valence-corrected chi connectivity index (χ4v) is 4.81. The first kappa shape index (κ1) is 18.9. The van der Waals surface area contributed by atoms with E-state index in [9.17, 15) is 0 Å². The maximum absolute atomic E-state index is 6.50. The summed E-state index contributed by atoms with van der Waals surface area (Å²) in [4.78, 5) is 9.15. The Kier molecular flexibility index (Phi) is 4.14. The molecule has 1 unspecified atom stereocenters. The molecule has 5 nitrogen and oxygen atoms in total. The normalized spacial score (nSPS) is 14.6. The summed E-state index contributed by atoms with van der Waals surface area (Å²) in [5.41, 5.74) is 6.21. The van der Waals surface area contributed by atoms with E-state index in [0.717, 1.165) is 55.9 Å². The number of para-hydroxylation sites is 1. The summed E-state index contributed by atoms with van der Waals surface area (Å²) in [7, 11) is 0. The number of pyridine rings is 2. The van der Waals surface area contributed by atoms with Crippen LogP contribution in [-0.4, -0.2) is 14.5 Å². The van der Waals surface area contributed by atoms with Gasteiger partial charge in [0.15, 0.2) is 12.0 Å². The van der Waals surface area contributed by atoms with Crippen molar-refractivity contribution in [1.29, 1.82) is 0 Å². The molecule has 162 valence electrons. The second-order valence-electron chi connectivity index (χ2n) is 8.36. The Morgan fingerprint density at radius 2 is 1.56 bits per heavy atom. The van der Waals surface area contributed by atoms with Gasteiger partial charge in [-0.25, -0.2) is 4.98 Å². The van der Waals surface area contributed by atoms with Crippen molar-refractivity contribution in [2.24, 2.45) is 0 Å². The average molecular weight is 441 g/mol. The summed E-state index contributed by atoms with van der Waals surface area (Å²) in [5, 5.41) is 5.77. The van der Waals surface area contributed by atoms with Crippen molar-refractivity contribution in [3.05, 3.63) is 115 Å². The van der Waals surface area contributed by atoms with Crippen LogP contribution in [0.4, 0.5) is 5.69 Å². The predicted molar refractivity (Wildman–Crippen MR) is 135 cm³/mol. The summed E-state index contributed by atoms with van der Waals surface area (Å²) in [6.45, 7) is 0. The van der Waals surface area contributed by atoms with Gasteiger partial charge in [0, 0.05) is 28.9 Å². The number of anilines is 1. The molecule has 1 atom stereocenters. The first-order chi connectivity index (χ1) is 16.9. The summed E-state index contributed by atoms with van der Waals surface area (Å²) in [5.74, 6) is 1.75. The molecule has 3 aromatic heterocycles. The second kappa shape index (κ2) is 7.46. The molecular weight excluding hydrogens is 420 g/mol. The Morgan fingerprint density at radius 1 is 0.735 bits per heavy atom. The Labute approximate surface area is 196 Å². The van der Waals surface area contributed by atoms with E-state index >= 15 is 0 Å². The van der Waals surface area contributed by atoms with Crippen molar-refractivity contribution >= 4 is 27.5 Å². The smallest absolute Gasteiger partial charge is 0.196 e. The molecule has 7 rings (SSSR count). The van der Waals surface area contributed by atoms with E-state index in [2.05, 4.69) is 75.5 Å². The molecule has 0 radical (unpaired) electrons. The van der Waals surface area contributed by atoms with Gasteiger partial charge in [-0.05, 0) is 42.5 Å². The Balaban J connectivity index is 1.44. The van der Waals surface area contributed by atoms with Crippen molar-refractivity contribution in [1.82, 2.24) is 14.5 Å². The third-order valence-electron chi connectivity index (χ3n) is 6.36. The third-order valence-corrected chi connectivity index (χ3v) is 6.36. The average Bonchev–Trinajstić information content (AvgIpc) is 3.49. The Hall–Kier alpha value is -4.64. The monoisotopic (exact) mass is 440 g/mol. The lowest BCUT2D eigenvalue weighted by atomic mass is 10.1. The fraction of sp³-hybridized carbons (Fsp3) is 0.0345. The molecule has 3 aromatic carbocycles. The van der Waals surface area contributed by atoms with Gasteiger partial charge in [0.2, 0.25) is 0 Å². The Bertz CT molecular complexity index is 1660. The van der Waals surface area contributed by atoms with Crippen LogP contribution < -0.4 is 10.1 Å². The molecule has 4 heterocycles. The highest BCUT2D eigenvalue weighted by atomic mass is 16.5. The van der Waals surface area contributed by atoms with E-state index in [1.165, 1.54) is 0 Å². The van der Waals surface area contributed by atoms with E-state index in [4.69, 9.17) is 9.72 Å². The number of ether oxygens (including phenoxy) is 1. The third kappa shape index (κ3) is 2.87. The largest absolute Gasteiger partial charge is 0.464 e. The molecule has 1 N–H and O–H groups in total. The van der Waals surface area contributed by atoms with Crippen LogP contribution in [0.5, 0.6) is 5.75 Å². The van der Waals surface area contributed by atoms with Crippen molar-refractivity contribution in [2.45, 2.75) is 6.23 Å². The van der Waals surface area contributed by atoms with Gasteiger partial charge in [-0.2, -0.15) is 0 Å². The quantitative estimate of drug-likeness (QED) is 0.331. The lowest BCUT2D eigenvalue weighted by molar-refractivity contribution is 0.263. The van der Waals surface area contributed by atoms with Gasteiger partial charge in [0.25, 0.3) is 0 Å². The van der Waals surface area contributed by atoms with E-state index in [1.54, 1.807) is 12.4 Å². The number of fused-ring (bicyclic) bond motifs is 5. The number of aromatic nitrogens is 3. The molecule has 0 amide bonds. The molecule has 1 aliphatic rings. The number of hydrogen-bond donors (Lipinski definition) is 1. The van der Waals surface area contributed by atoms with E-state index < -0.39 is 0 Å². The van der Waals surface area contributed by atoms with Gasteiger partial charge in [-0.15, -0.1) is 0 Å². The van der Waals surface area contributed by atoms with Crippen LogP contribution in [0.2, 0.25) is 0 Å². The van der Waals surface area contributed by atoms with Crippen LogP contribution >= 0.6 is 0 Å². The van der Waals surface area contributed by atoms with Crippen LogP contribution in [0, 0.1) is 0 Å². The maximum Gasteiger partial charge on any atom is 0.196 e. The minimum Gasteiger partial charge on any atom is -0.464 e. The highest BCUT2D eigenvalue weighted by Crippen LogP contribution is 2.47. The van der Waals surface area contributed by atoms with Gasteiger partial charge in [-0.3, -0.25) is 9.55 Å². The zero-order chi connectivity index (χ0) is 22.5. The van der Waals surface area contributed by atoms with Gasteiger partial charge < -0.3 is 10.1 Å². The molecule has 6 aromatic rings. The van der Waals surface area contributed by atoms with E-state index in [-0.39, 0.29) is 6.23 Å². The molecule has 0 aliphatic carbocycles. The Morgan fingerprint density at radius 3 is 2.44 bits per heavy atom. The summed E-state index contributed by atoms with van der Waals surface area (Å²) in [6.07, 6.45) is 3.37. The van der Waals surface area contributed by atoms with Crippen LogP contribution in [0.15, 0.2) is 109 Å². The van der Waals surface area contributed by atoms with Gasteiger partial charge in [0.1, 0.15) is 5.82 Å². The number of benzene rings is 3. The lowest BCUT2D eigenvalue weighted by Crippen LogP contribution is -2.09. The highest BCUT2D eigenvalue weighted by Gasteiger charge is 2.28. The number of nitrogens with one attached hydrogen (secondary N) is 1. The van der Waals surface area contributed by atoms with Gasteiger partial charge in [-0.1, -0.05) is 54.6 Å². The van der Waals surface area contributed by atoms with Crippen LogP contribution in [0.1, 0.15) is 11.8 Å². The molecule has 0 spiro atoms. The van der Waals surface area contributed by atoms with E-state index in [1.807, 2.05) is 36.4 Å². The molecular formula is C29H20N4O. The van der Waals surface area contributed by atoms with Gasteiger partial charge >= 0.3 is 0 Å². The van der Waals surface area contributed by atoms with E-state index in [0.29, 0.717) is 0 Å². The summed E-state index contributed by atoms with van der Waals surface area (Å²) < 4.78 is 8.72. The molecule has 1 aliphatic heterocycles. The lowest BCUT2D eigenvalue weighted by Gasteiger charge is -2.11. The van der Waals surface area contributed by atoms with Crippen LogP contribution in [0.3, 0.4) is 0 Å². The SMILES string of the molecule is c1ccc(C2Nc3ccc4c(c3O2)c2ccccc2n4-c2cccc(-c3ccncc3)n2)cc1. The zero-order valence-electron chi connectivity index (χ0n) is 18.2. The molecule has 34 heavy (non-hydrogen) atoms. The van der Waals surface area contributed by atoms with Crippen molar-refractivity contribution in [3.63, 3.8) is 0 Å². The minimum absolute atomic E-state index is 0.211. The van der Waals surface area contributed by atoms with Crippen molar-refractivity contribution in [3.8, 4) is 22.8 Å². The summed E-state index contributed by atoms with van der Waals surface area (Å²) >= 11 is 0.